The van der Waals surface area contributed by atoms with E-state index in [0.717, 1.165) is 77.0 Å². The molecule has 6 nitrogen and oxygen atoms in total. The van der Waals surface area contributed by atoms with E-state index in [-0.39, 0.29) is 31.1 Å². The van der Waals surface area contributed by atoms with Gasteiger partial charge >= 0.3 is 17.9 Å². The smallest absolute Gasteiger partial charge is 0.306 e. The summed E-state index contributed by atoms with van der Waals surface area (Å²) in [5.74, 6) is -0.852. The normalized spacial score (nSPS) is 12.3. The summed E-state index contributed by atoms with van der Waals surface area (Å²) in [4.78, 5) is 38.5. The Bertz CT molecular complexity index is 1380. The van der Waals surface area contributed by atoms with E-state index in [1.54, 1.807) is 0 Å². The molecule has 0 aliphatic carbocycles. The SMILES string of the molecule is CCCCCC/C=C\C/C=C\CCCCCCCCCC(=O)OCC(COC(=O)CCCCCCCCCCCCCCC/C=C\C/C=C\CCCCCCC)OC(=O)CCCCCCCCCCCCCCCCCCCCC. The van der Waals surface area contributed by atoms with Crippen LogP contribution in [0.4, 0.5) is 0 Å². The van der Waals surface area contributed by atoms with E-state index in [1.807, 2.05) is 0 Å². The molecule has 0 aromatic heterocycles. The van der Waals surface area contributed by atoms with Gasteiger partial charge in [-0.05, 0) is 83.5 Å². The van der Waals surface area contributed by atoms with E-state index in [1.165, 1.54) is 270 Å². The first-order valence-corrected chi connectivity index (χ1v) is 35.6. The molecule has 0 aromatic carbocycles. The Labute approximate surface area is 498 Å². The molecule has 0 saturated carbocycles. The van der Waals surface area contributed by atoms with Crippen LogP contribution in [0.25, 0.3) is 0 Å². The molecule has 0 N–H and O–H groups in total. The fourth-order valence-electron chi connectivity index (χ4n) is 10.7. The molecule has 0 bridgehead atoms. The van der Waals surface area contributed by atoms with Crippen LogP contribution < -0.4 is 0 Å². The number of carbonyl (C=O) groups is 3. The fourth-order valence-corrected chi connectivity index (χ4v) is 10.7. The molecular weight excluding hydrogens is 985 g/mol. The van der Waals surface area contributed by atoms with Gasteiger partial charge in [-0.2, -0.15) is 0 Å². The Morgan fingerprint density at radius 1 is 0.250 bits per heavy atom. The van der Waals surface area contributed by atoms with Crippen LogP contribution in [0.3, 0.4) is 0 Å². The Balaban J connectivity index is 4.31. The van der Waals surface area contributed by atoms with Crippen molar-refractivity contribution in [3.8, 4) is 0 Å². The molecule has 6 heteroatoms. The summed E-state index contributed by atoms with van der Waals surface area (Å²) in [7, 11) is 0. The number of unbranched alkanes of at least 4 members (excludes halogenated alkanes) is 47. The van der Waals surface area contributed by atoms with E-state index in [2.05, 4.69) is 69.4 Å². The van der Waals surface area contributed by atoms with Gasteiger partial charge in [-0.15, -0.1) is 0 Å². The van der Waals surface area contributed by atoms with Gasteiger partial charge in [0.25, 0.3) is 0 Å². The molecule has 0 aromatic rings. The number of esters is 3. The third-order valence-electron chi connectivity index (χ3n) is 16.1. The van der Waals surface area contributed by atoms with E-state index in [9.17, 15) is 14.4 Å². The van der Waals surface area contributed by atoms with Crippen LogP contribution in [0.1, 0.15) is 387 Å². The largest absolute Gasteiger partial charge is 0.462 e. The number of ether oxygens (including phenoxy) is 3. The Morgan fingerprint density at radius 2 is 0.450 bits per heavy atom. The van der Waals surface area contributed by atoms with Gasteiger partial charge in [0.15, 0.2) is 6.10 Å². The molecule has 0 aliphatic heterocycles. The van der Waals surface area contributed by atoms with Crippen LogP contribution in [-0.4, -0.2) is 37.2 Å². The minimum absolute atomic E-state index is 0.0716. The molecule has 0 aliphatic rings. The highest BCUT2D eigenvalue weighted by Crippen LogP contribution is 2.18. The summed E-state index contributed by atoms with van der Waals surface area (Å²) in [6.45, 7) is 6.68. The lowest BCUT2D eigenvalue weighted by Gasteiger charge is -2.18. The van der Waals surface area contributed by atoms with Gasteiger partial charge < -0.3 is 14.2 Å². The van der Waals surface area contributed by atoms with Gasteiger partial charge in [0.1, 0.15) is 13.2 Å². The van der Waals surface area contributed by atoms with Gasteiger partial charge in [0.05, 0.1) is 0 Å². The Morgan fingerprint density at radius 3 is 0.700 bits per heavy atom. The molecular formula is C74H136O6. The lowest BCUT2D eigenvalue weighted by molar-refractivity contribution is -0.167. The van der Waals surface area contributed by atoms with Gasteiger partial charge in [-0.25, -0.2) is 0 Å². The first kappa shape index (κ1) is 77.4. The van der Waals surface area contributed by atoms with Gasteiger partial charge in [0.2, 0.25) is 0 Å². The first-order valence-electron chi connectivity index (χ1n) is 35.6. The van der Waals surface area contributed by atoms with Crippen molar-refractivity contribution in [3.05, 3.63) is 48.6 Å². The molecule has 0 fully saturated rings. The summed E-state index contributed by atoms with van der Waals surface area (Å²) in [5.41, 5.74) is 0. The zero-order valence-electron chi connectivity index (χ0n) is 53.9. The number of carbonyl (C=O) groups excluding carboxylic acids is 3. The van der Waals surface area contributed by atoms with Crippen molar-refractivity contribution in [3.63, 3.8) is 0 Å². The van der Waals surface area contributed by atoms with Crippen LogP contribution in [0.2, 0.25) is 0 Å². The second-order valence-corrected chi connectivity index (χ2v) is 24.1. The van der Waals surface area contributed by atoms with Crippen LogP contribution in [0, 0.1) is 0 Å². The third-order valence-corrected chi connectivity index (χ3v) is 16.1. The number of hydrogen-bond acceptors (Lipinski definition) is 6. The molecule has 0 amide bonds. The molecule has 1 atom stereocenters. The predicted octanol–water partition coefficient (Wildman–Crippen LogP) is 24.5. The second-order valence-electron chi connectivity index (χ2n) is 24.1. The molecule has 1 unspecified atom stereocenters. The number of allylic oxidation sites excluding steroid dienone is 8. The zero-order valence-corrected chi connectivity index (χ0v) is 53.9. The van der Waals surface area contributed by atoms with Crippen LogP contribution in [0.5, 0.6) is 0 Å². The van der Waals surface area contributed by atoms with Crippen LogP contribution in [-0.2, 0) is 28.6 Å². The first-order chi connectivity index (χ1) is 39.5. The van der Waals surface area contributed by atoms with E-state index in [4.69, 9.17) is 14.2 Å². The fraction of sp³-hybridized carbons (Fsp3) is 0.851. The predicted molar refractivity (Wildman–Crippen MR) is 349 cm³/mol. The molecule has 0 radical (unpaired) electrons. The highest BCUT2D eigenvalue weighted by Gasteiger charge is 2.19. The van der Waals surface area contributed by atoms with E-state index >= 15 is 0 Å². The minimum atomic E-state index is -0.776. The Hall–Kier alpha value is -2.63. The quantitative estimate of drug-likeness (QED) is 0.0261. The van der Waals surface area contributed by atoms with Crippen LogP contribution in [0.15, 0.2) is 48.6 Å². The molecule has 0 spiro atoms. The van der Waals surface area contributed by atoms with Crippen molar-refractivity contribution in [2.24, 2.45) is 0 Å². The molecule has 0 heterocycles. The van der Waals surface area contributed by atoms with Gasteiger partial charge in [-0.1, -0.05) is 333 Å². The maximum atomic E-state index is 13.0. The van der Waals surface area contributed by atoms with Crippen molar-refractivity contribution in [1.29, 1.82) is 0 Å². The summed E-state index contributed by atoms with van der Waals surface area (Å²) >= 11 is 0. The molecule has 0 rings (SSSR count). The Kier molecular flexibility index (Phi) is 66.6. The summed E-state index contributed by atoms with van der Waals surface area (Å²) in [5, 5.41) is 0. The van der Waals surface area contributed by atoms with Crippen molar-refractivity contribution >= 4 is 17.9 Å². The number of rotatable bonds is 66. The number of hydrogen-bond donors (Lipinski definition) is 0. The standard InChI is InChI=1S/C74H136O6/c1-4-7-10-13-16-19-22-25-28-31-34-35-36-37-38-39-41-43-46-49-52-55-58-61-64-67-73(76)79-70-71(69-78-72(75)66-63-60-57-54-51-48-45-42-33-30-27-24-21-18-15-12-9-6-3)80-74(77)68-65-62-59-56-53-50-47-44-40-32-29-26-23-20-17-14-11-8-5-2/h21-22,24-25,30-31,33-34,71H,4-20,23,26-29,32,35-70H2,1-3H3/b24-21-,25-22-,33-30-,34-31-. The van der Waals surface area contributed by atoms with E-state index in [0.29, 0.717) is 19.3 Å². The zero-order chi connectivity index (χ0) is 57.8. The van der Waals surface area contributed by atoms with Gasteiger partial charge in [-0.3, -0.25) is 14.4 Å². The highest BCUT2D eigenvalue weighted by atomic mass is 16.6. The molecule has 468 valence electrons. The highest BCUT2D eigenvalue weighted by molar-refractivity contribution is 5.71. The topological polar surface area (TPSA) is 78.9 Å². The summed E-state index contributed by atoms with van der Waals surface area (Å²) < 4.78 is 17.0. The second kappa shape index (κ2) is 68.9. The van der Waals surface area contributed by atoms with E-state index < -0.39 is 6.10 Å². The van der Waals surface area contributed by atoms with Crippen molar-refractivity contribution in [2.45, 2.75) is 393 Å². The van der Waals surface area contributed by atoms with Crippen molar-refractivity contribution < 1.29 is 28.6 Å². The molecule has 80 heavy (non-hydrogen) atoms. The monoisotopic (exact) mass is 1120 g/mol. The van der Waals surface area contributed by atoms with Crippen LogP contribution >= 0.6 is 0 Å². The van der Waals surface area contributed by atoms with Gasteiger partial charge in [0, 0.05) is 19.3 Å². The third kappa shape index (κ3) is 66.2. The minimum Gasteiger partial charge on any atom is -0.462 e. The summed E-state index contributed by atoms with van der Waals surface area (Å²) in [6.07, 6.45) is 87.0. The van der Waals surface area contributed by atoms with Crippen molar-refractivity contribution in [2.75, 3.05) is 13.2 Å². The average molecular weight is 1120 g/mol. The van der Waals surface area contributed by atoms with Crippen molar-refractivity contribution in [1.82, 2.24) is 0 Å². The maximum absolute atomic E-state index is 13.0. The lowest BCUT2D eigenvalue weighted by Crippen LogP contribution is -2.30. The average Bonchev–Trinajstić information content (AvgIpc) is 3.46. The lowest BCUT2D eigenvalue weighted by atomic mass is 10.0. The molecule has 0 saturated heterocycles. The maximum Gasteiger partial charge on any atom is 0.306 e. The summed E-state index contributed by atoms with van der Waals surface area (Å²) in [6, 6.07) is 0.